The molecule has 7 nitrogen and oxygen atoms in total. The number of hydrogen-bond donors (Lipinski definition) is 0. The summed E-state index contributed by atoms with van der Waals surface area (Å²) in [5, 5.41) is 0. The van der Waals surface area contributed by atoms with Gasteiger partial charge in [0, 0.05) is 5.56 Å². The second-order valence-corrected chi connectivity index (χ2v) is 5.73. The number of aromatic nitrogens is 2. The van der Waals surface area contributed by atoms with E-state index in [0.717, 1.165) is 16.6 Å². The number of fused-ring (bicyclic) bond motifs is 1. The van der Waals surface area contributed by atoms with E-state index >= 15 is 0 Å². The molecule has 0 atom stereocenters. The first-order valence-electron chi connectivity index (χ1n) is 8.54. The number of hydrogen-bond acceptors (Lipinski definition) is 6. The normalized spacial score (nSPS) is 10.7. The molecule has 0 aliphatic heterocycles. The number of benzene rings is 2. The fourth-order valence-corrected chi connectivity index (χ4v) is 3.00. The fraction of sp³-hybridized carbons (Fsp3) is 0.300. The Morgan fingerprint density at radius 3 is 2.30 bits per heavy atom. The van der Waals surface area contributed by atoms with Crippen LogP contribution in [0.2, 0.25) is 0 Å². The molecule has 27 heavy (non-hydrogen) atoms. The highest BCUT2D eigenvalue weighted by atomic mass is 16.5. The van der Waals surface area contributed by atoms with Crippen LogP contribution in [-0.4, -0.2) is 43.5 Å². The summed E-state index contributed by atoms with van der Waals surface area (Å²) in [5.41, 5.74) is 2.37. The lowest BCUT2D eigenvalue weighted by Gasteiger charge is -2.15. The molecule has 3 aromatic rings. The van der Waals surface area contributed by atoms with Crippen LogP contribution in [-0.2, 0) is 16.1 Å². The van der Waals surface area contributed by atoms with E-state index in [1.54, 1.807) is 28.3 Å². The van der Waals surface area contributed by atoms with E-state index in [1.807, 2.05) is 41.0 Å². The topological polar surface area (TPSA) is 71.8 Å². The Kier molecular flexibility index (Phi) is 5.49. The minimum Gasteiger partial charge on any atom is -0.493 e. The standard InChI is InChI=1S/C20H22N2O5/c1-5-27-18(23)12-22-15-9-7-6-8-14(15)21-20(22)13-10-16(24-2)19(26-4)17(11-13)25-3/h6-11H,5,12H2,1-4H3. The molecule has 0 radical (unpaired) electrons. The smallest absolute Gasteiger partial charge is 0.326 e. The highest BCUT2D eigenvalue weighted by Gasteiger charge is 2.20. The highest BCUT2D eigenvalue weighted by Crippen LogP contribution is 2.41. The molecule has 0 fully saturated rings. The molecule has 7 heteroatoms. The molecule has 1 aromatic heterocycles. The van der Waals surface area contributed by atoms with Crippen LogP contribution in [0.15, 0.2) is 36.4 Å². The zero-order chi connectivity index (χ0) is 19.4. The Morgan fingerprint density at radius 2 is 1.70 bits per heavy atom. The third kappa shape index (κ3) is 3.53. The molecule has 1 heterocycles. The van der Waals surface area contributed by atoms with Gasteiger partial charge in [0.1, 0.15) is 12.4 Å². The van der Waals surface area contributed by atoms with E-state index < -0.39 is 0 Å². The van der Waals surface area contributed by atoms with Crippen LogP contribution in [0.4, 0.5) is 0 Å². The van der Waals surface area contributed by atoms with E-state index in [0.29, 0.717) is 29.7 Å². The molecule has 0 aliphatic rings. The number of carbonyl (C=O) groups excluding carboxylic acids is 1. The van der Waals surface area contributed by atoms with Crippen molar-refractivity contribution in [3.05, 3.63) is 36.4 Å². The van der Waals surface area contributed by atoms with E-state index in [2.05, 4.69) is 0 Å². The Labute approximate surface area is 157 Å². The summed E-state index contributed by atoms with van der Waals surface area (Å²) < 4.78 is 23.2. The van der Waals surface area contributed by atoms with Crippen molar-refractivity contribution in [1.82, 2.24) is 9.55 Å². The van der Waals surface area contributed by atoms with Gasteiger partial charge in [0.05, 0.1) is 39.0 Å². The molecule has 0 aliphatic carbocycles. The quantitative estimate of drug-likeness (QED) is 0.594. The van der Waals surface area contributed by atoms with Gasteiger partial charge in [-0.2, -0.15) is 0 Å². The van der Waals surface area contributed by atoms with Crippen molar-refractivity contribution in [3.63, 3.8) is 0 Å². The molecule has 0 unspecified atom stereocenters. The minimum absolute atomic E-state index is 0.0559. The van der Waals surface area contributed by atoms with Gasteiger partial charge in [-0.25, -0.2) is 4.98 Å². The number of rotatable bonds is 7. The predicted molar refractivity (Wildman–Crippen MR) is 101 cm³/mol. The van der Waals surface area contributed by atoms with E-state index in [-0.39, 0.29) is 12.5 Å². The van der Waals surface area contributed by atoms with Crippen molar-refractivity contribution in [2.24, 2.45) is 0 Å². The van der Waals surface area contributed by atoms with Crippen LogP contribution in [0, 0.1) is 0 Å². The summed E-state index contributed by atoms with van der Waals surface area (Å²) in [4.78, 5) is 16.8. The van der Waals surface area contributed by atoms with Crippen molar-refractivity contribution < 1.29 is 23.7 Å². The third-order valence-corrected chi connectivity index (χ3v) is 4.17. The molecule has 0 bridgehead atoms. The molecule has 0 saturated carbocycles. The van der Waals surface area contributed by atoms with Crippen LogP contribution in [0.3, 0.4) is 0 Å². The summed E-state index contributed by atoms with van der Waals surface area (Å²) in [6, 6.07) is 11.3. The first-order valence-corrected chi connectivity index (χ1v) is 8.54. The first-order chi connectivity index (χ1) is 13.1. The summed E-state index contributed by atoms with van der Waals surface area (Å²) in [6.45, 7) is 2.16. The van der Waals surface area contributed by atoms with Gasteiger partial charge in [-0.05, 0) is 31.2 Å². The van der Waals surface area contributed by atoms with Gasteiger partial charge < -0.3 is 23.5 Å². The maximum absolute atomic E-state index is 12.1. The highest BCUT2D eigenvalue weighted by molar-refractivity contribution is 5.84. The molecule has 142 valence electrons. The van der Waals surface area contributed by atoms with Crippen molar-refractivity contribution in [3.8, 4) is 28.6 Å². The van der Waals surface area contributed by atoms with Crippen LogP contribution in [0.5, 0.6) is 17.2 Å². The summed E-state index contributed by atoms with van der Waals surface area (Å²) in [7, 11) is 4.67. The SMILES string of the molecule is CCOC(=O)Cn1c(-c2cc(OC)c(OC)c(OC)c2)nc2ccccc21. The Balaban J connectivity index is 2.20. The average Bonchev–Trinajstić information content (AvgIpc) is 3.05. The predicted octanol–water partition coefficient (Wildman–Crippen LogP) is 3.29. The maximum atomic E-state index is 12.1. The number of nitrogens with zero attached hydrogens (tertiary/aromatic N) is 2. The van der Waals surface area contributed by atoms with Gasteiger partial charge in [0.25, 0.3) is 0 Å². The van der Waals surface area contributed by atoms with Crippen molar-refractivity contribution in [2.45, 2.75) is 13.5 Å². The zero-order valence-corrected chi connectivity index (χ0v) is 15.8. The monoisotopic (exact) mass is 370 g/mol. The number of methoxy groups -OCH3 is 3. The first kappa shape index (κ1) is 18.6. The van der Waals surface area contributed by atoms with Crippen LogP contribution in [0.25, 0.3) is 22.4 Å². The fourth-order valence-electron chi connectivity index (χ4n) is 3.00. The van der Waals surface area contributed by atoms with Crippen LogP contribution in [0.1, 0.15) is 6.92 Å². The third-order valence-electron chi connectivity index (χ3n) is 4.17. The molecule has 2 aromatic carbocycles. The zero-order valence-electron chi connectivity index (χ0n) is 15.8. The number of ether oxygens (including phenoxy) is 4. The van der Waals surface area contributed by atoms with E-state index in [1.165, 1.54) is 0 Å². The maximum Gasteiger partial charge on any atom is 0.326 e. The van der Waals surface area contributed by atoms with Crippen molar-refractivity contribution in [2.75, 3.05) is 27.9 Å². The molecular formula is C20H22N2O5. The molecule has 0 amide bonds. The van der Waals surface area contributed by atoms with E-state index in [9.17, 15) is 4.79 Å². The lowest BCUT2D eigenvalue weighted by atomic mass is 10.1. The molecular weight excluding hydrogens is 348 g/mol. The number of imidazole rings is 1. The van der Waals surface area contributed by atoms with Gasteiger partial charge in [-0.1, -0.05) is 12.1 Å². The van der Waals surface area contributed by atoms with Gasteiger partial charge in [-0.3, -0.25) is 4.79 Å². The molecule has 0 N–H and O–H groups in total. The minimum atomic E-state index is -0.325. The molecule has 0 spiro atoms. The van der Waals surface area contributed by atoms with Crippen molar-refractivity contribution in [1.29, 1.82) is 0 Å². The van der Waals surface area contributed by atoms with Crippen LogP contribution >= 0.6 is 0 Å². The van der Waals surface area contributed by atoms with Crippen LogP contribution < -0.4 is 14.2 Å². The summed E-state index contributed by atoms with van der Waals surface area (Å²) in [6.07, 6.45) is 0. The van der Waals surface area contributed by atoms with Gasteiger partial charge in [0.15, 0.2) is 11.5 Å². The van der Waals surface area contributed by atoms with Crippen molar-refractivity contribution >= 4 is 17.0 Å². The lowest BCUT2D eigenvalue weighted by molar-refractivity contribution is -0.143. The lowest BCUT2D eigenvalue weighted by Crippen LogP contribution is -2.14. The molecule has 3 rings (SSSR count). The second kappa shape index (κ2) is 7.99. The summed E-state index contributed by atoms with van der Waals surface area (Å²) >= 11 is 0. The van der Waals surface area contributed by atoms with E-state index in [4.69, 9.17) is 23.9 Å². The van der Waals surface area contributed by atoms with Gasteiger partial charge in [0.2, 0.25) is 5.75 Å². The molecule has 0 saturated heterocycles. The number of para-hydroxylation sites is 2. The van der Waals surface area contributed by atoms with Gasteiger partial charge >= 0.3 is 5.97 Å². The Morgan fingerprint density at radius 1 is 1.04 bits per heavy atom. The number of carbonyl (C=O) groups is 1. The Hall–Kier alpha value is -3.22. The Bertz CT molecular complexity index is 939. The number of esters is 1. The largest absolute Gasteiger partial charge is 0.493 e. The van der Waals surface area contributed by atoms with Gasteiger partial charge in [-0.15, -0.1) is 0 Å². The second-order valence-electron chi connectivity index (χ2n) is 5.73. The summed E-state index contributed by atoms with van der Waals surface area (Å²) in [5.74, 6) is 1.82. The average molecular weight is 370 g/mol.